The molecule has 1 aromatic heterocycles. The third-order valence-corrected chi connectivity index (χ3v) is 10.3. The van der Waals surface area contributed by atoms with Gasteiger partial charge in [-0.05, 0) is 68.0 Å². The van der Waals surface area contributed by atoms with Crippen LogP contribution >= 0.6 is 11.8 Å². The number of benzene rings is 2. The number of ether oxygens (including phenoxy) is 1. The highest BCUT2D eigenvalue weighted by Gasteiger charge is 2.41. The maximum Gasteiger partial charge on any atom is 0.407 e. The SMILES string of the molecule is COC(=O)N[C@H](C(=O)N[C@@H](Cc1ccc(-c2ccccn2)cc1)[C@@H](O)C[C@H](Cc1ccccc1)NC(=O)[C@@H](N(C)C(=O)O)C(C)(C)SC)C(C)(C)C. The van der Waals surface area contributed by atoms with Crippen LogP contribution in [0.1, 0.15) is 52.2 Å². The predicted octanol–water partition coefficient (Wildman–Crippen LogP) is 5.15. The zero-order valence-electron chi connectivity index (χ0n) is 31.3. The molecule has 5 N–H and O–H groups in total. The second kappa shape index (κ2) is 18.7. The monoisotopic (exact) mass is 735 g/mol. The topological polar surface area (TPSA) is 170 Å². The van der Waals surface area contributed by atoms with Crippen LogP contribution in [0.15, 0.2) is 79.0 Å². The summed E-state index contributed by atoms with van der Waals surface area (Å²) in [5.74, 6) is -1.02. The van der Waals surface area contributed by atoms with E-state index >= 15 is 0 Å². The maximum absolute atomic E-state index is 14.0. The van der Waals surface area contributed by atoms with Gasteiger partial charge in [0.2, 0.25) is 11.8 Å². The van der Waals surface area contributed by atoms with E-state index in [0.717, 1.165) is 27.3 Å². The number of thioether (sulfide) groups is 1. The molecule has 0 unspecified atom stereocenters. The van der Waals surface area contributed by atoms with Gasteiger partial charge in [0, 0.05) is 29.6 Å². The molecule has 3 aromatic rings. The van der Waals surface area contributed by atoms with E-state index in [2.05, 4.69) is 20.9 Å². The smallest absolute Gasteiger partial charge is 0.407 e. The van der Waals surface area contributed by atoms with Crippen molar-refractivity contribution in [1.82, 2.24) is 25.8 Å². The molecule has 12 nitrogen and oxygen atoms in total. The zero-order chi connectivity index (χ0) is 38.6. The van der Waals surface area contributed by atoms with Gasteiger partial charge in [0.25, 0.3) is 0 Å². The fourth-order valence-corrected chi connectivity index (χ4v) is 6.50. The molecule has 13 heteroatoms. The molecule has 2 aromatic carbocycles. The first kappa shape index (κ1) is 41.8. The molecule has 0 fully saturated rings. The van der Waals surface area contributed by atoms with Gasteiger partial charge in [-0.25, -0.2) is 9.59 Å². The number of aromatic nitrogens is 1. The van der Waals surface area contributed by atoms with Crippen molar-refractivity contribution in [3.05, 3.63) is 90.1 Å². The molecule has 0 spiro atoms. The number of nitrogens with zero attached hydrogens (tertiary/aromatic N) is 2. The summed E-state index contributed by atoms with van der Waals surface area (Å²) in [6.07, 6.45) is 0.915. The number of rotatable bonds is 16. The van der Waals surface area contributed by atoms with Crippen molar-refractivity contribution in [2.45, 2.75) is 88.9 Å². The van der Waals surface area contributed by atoms with Crippen molar-refractivity contribution in [3.63, 3.8) is 0 Å². The van der Waals surface area contributed by atoms with Gasteiger partial charge in [-0.2, -0.15) is 11.8 Å². The summed E-state index contributed by atoms with van der Waals surface area (Å²) >= 11 is 1.37. The molecule has 0 saturated carbocycles. The Morgan fingerprint density at radius 3 is 2.00 bits per heavy atom. The fourth-order valence-electron chi connectivity index (χ4n) is 6.01. The number of amides is 4. The molecule has 0 bridgehead atoms. The number of hydrogen-bond donors (Lipinski definition) is 5. The van der Waals surface area contributed by atoms with Gasteiger partial charge in [0.05, 0.1) is 24.9 Å². The van der Waals surface area contributed by atoms with E-state index in [1.807, 2.05) is 79.1 Å². The van der Waals surface area contributed by atoms with E-state index in [4.69, 9.17) is 4.74 Å². The molecule has 0 saturated heterocycles. The van der Waals surface area contributed by atoms with E-state index in [1.165, 1.54) is 25.9 Å². The highest BCUT2D eigenvalue weighted by Crippen LogP contribution is 2.30. The third-order valence-electron chi connectivity index (χ3n) is 9.06. The summed E-state index contributed by atoms with van der Waals surface area (Å²) in [5, 5.41) is 30.5. The van der Waals surface area contributed by atoms with Crippen LogP contribution in [0, 0.1) is 5.41 Å². The third kappa shape index (κ3) is 12.0. The summed E-state index contributed by atoms with van der Waals surface area (Å²) in [4.78, 5) is 57.5. The first-order valence-electron chi connectivity index (χ1n) is 17.1. The molecular weight excluding hydrogens is 683 g/mol. The fraction of sp³-hybridized carbons (Fsp3) is 0.462. The van der Waals surface area contributed by atoms with Crippen LogP contribution < -0.4 is 16.0 Å². The number of carbonyl (C=O) groups is 4. The van der Waals surface area contributed by atoms with Gasteiger partial charge in [0.15, 0.2) is 0 Å². The standard InChI is InChI=1S/C39H53N5O7S/c1-38(2,3)32(43-36(48)51-7)34(46)42-30(23-26-17-19-27(20-18-26)29-16-12-13-21-40-29)31(45)24-28(22-25-14-10-9-11-15-25)41-35(47)33(39(4,5)52-8)44(6)37(49)50/h9-21,28,30-33,45H,22-24H2,1-8H3,(H,41,47)(H,42,46)(H,43,48)(H,49,50)/t28-,30-,31-,32+,33+/m0/s1. The molecule has 5 atom stereocenters. The summed E-state index contributed by atoms with van der Waals surface area (Å²) in [7, 11) is 2.58. The zero-order valence-corrected chi connectivity index (χ0v) is 32.1. The van der Waals surface area contributed by atoms with Crippen LogP contribution in [0.3, 0.4) is 0 Å². The molecule has 4 amide bonds. The van der Waals surface area contributed by atoms with Crippen molar-refractivity contribution >= 4 is 35.8 Å². The first-order valence-corrected chi connectivity index (χ1v) is 18.4. The van der Waals surface area contributed by atoms with E-state index in [9.17, 15) is 29.4 Å². The lowest BCUT2D eigenvalue weighted by molar-refractivity contribution is -0.128. The summed E-state index contributed by atoms with van der Waals surface area (Å²) < 4.78 is 4.01. The van der Waals surface area contributed by atoms with Crippen LogP contribution in [0.5, 0.6) is 0 Å². The number of methoxy groups -OCH3 is 1. The number of pyridine rings is 1. The lowest BCUT2D eigenvalue weighted by Gasteiger charge is -2.38. The van der Waals surface area contributed by atoms with E-state index in [1.54, 1.807) is 40.8 Å². The molecule has 0 aliphatic rings. The molecule has 1 heterocycles. The average Bonchev–Trinajstić information content (AvgIpc) is 3.10. The number of likely N-dealkylation sites (N-methyl/N-ethyl adjacent to an activating group) is 1. The summed E-state index contributed by atoms with van der Waals surface area (Å²) in [6, 6.07) is 19.2. The number of alkyl carbamates (subject to hydrolysis) is 1. The van der Waals surface area contributed by atoms with Crippen molar-refractivity contribution in [2.24, 2.45) is 5.41 Å². The highest BCUT2D eigenvalue weighted by atomic mass is 32.2. The van der Waals surface area contributed by atoms with Gasteiger partial charge in [0.1, 0.15) is 12.1 Å². The molecular formula is C39H53N5O7S. The first-order chi connectivity index (χ1) is 24.5. The molecule has 3 rings (SSSR count). The Morgan fingerprint density at radius 2 is 1.46 bits per heavy atom. The van der Waals surface area contributed by atoms with Gasteiger partial charge in [-0.15, -0.1) is 0 Å². The number of nitrogens with one attached hydrogen (secondary N) is 3. The summed E-state index contributed by atoms with van der Waals surface area (Å²) in [6.45, 7) is 9.03. The Labute approximate surface area is 311 Å². The largest absolute Gasteiger partial charge is 0.465 e. The minimum absolute atomic E-state index is 0.0193. The Kier molecular flexibility index (Phi) is 15.1. The molecule has 0 aliphatic carbocycles. The lowest BCUT2D eigenvalue weighted by atomic mass is 9.85. The van der Waals surface area contributed by atoms with Crippen LogP contribution in [0.25, 0.3) is 11.3 Å². The molecule has 52 heavy (non-hydrogen) atoms. The normalized spacial score (nSPS) is 14.6. The number of carbonyl (C=O) groups excluding carboxylic acids is 3. The van der Waals surface area contributed by atoms with E-state index in [-0.39, 0.29) is 12.8 Å². The minimum Gasteiger partial charge on any atom is -0.465 e. The lowest BCUT2D eigenvalue weighted by Crippen LogP contribution is -2.60. The molecule has 282 valence electrons. The van der Waals surface area contributed by atoms with Crippen molar-refractivity contribution in [2.75, 3.05) is 20.4 Å². The van der Waals surface area contributed by atoms with Gasteiger partial charge >= 0.3 is 12.2 Å². The Hall–Kier alpha value is -4.62. The van der Waals surface area contributed by atoms with Crippen LogP contribution in [-0.4, -0.2) is 99.5 Å². The second-order valence-corrected chi connectivity index (χ2v) is 15.9. The van der Waals surface area contributed by atoms with Crippen LogP contribution in [0.4, 0.5) is 9.59 Å². The summed E-state index contributed by atoms with van der Waals surface area (Å²) in [5.41, 5.74) is 2.72. The maximum atomic E-state index is 14.0. The number of hydrogen-bond acceptors (Lipinski definition) is 8. The second-order valence-electron chi connectivity index (χ2n) is 14.5. The van der Waals surface area contributed by atoms with Gasteiger partial charge in [-0.3, -0.25) is 19.5 Å². The molecule has 0 aliphatic heterocycles. The van der Waals surface area contributed by atoms with Crippen LogP contribution in [-0.2, 0) is 27.2 Å². The minimum atomic E-state index is -1.24. The van der Waals surface area contributed by atoms with Gasteiger partial charge < -0.3 is 30.9 Å². The molecule has 0 radical (unpaired) electrons. The Balaban J connectivity index is 1.99. The number of aliphatic hydroxyl groups is 1. The predicted molar refractivity (Wildman–Crippen MR) is 204 cm³/mol. The van der Waals surface area contributed by atoms with Crippen molar-refractivity contribution in [3.8, 4) is 11.3 Å². The van der Waals surface area contributed by atoms with Crippen molar-refractivity contribution < 1.29 is 34.1 Å². The van der Waals surface area contributed by atoms with E-state index in [0.29, 0.717) is 6.42 Å². The highest BCUT2D eigenvalue weighted by molar-refractivity contribution is 8.00. The Bertz CT molecular complexity index is 1620. The average molecular weight is 736 g/mol. The van der Waals surface area contributed by atoms with Gasteiger partial charge in [-0.1, -0.05) is 81.4 Å². The Morgan fingerprint density at radius 1 is 0.846 bits per heavy atom. The van der Waals surface area contributed by atoms with Crippen molar-refractivity contribution in [1.29, 1.82) is 0 Å². The number of aliphatic hydroxyl groups excluding tert-OH is 1. The van der Waals surface area contributed by atoms with E-state index < -0.39 is 64.4 Å². The van der Waals surface area contributed by atoms with Crippen LogP contribution in [0.2, 0.25) is 0 Å². The number of carboxylic acid groups (broad SMARTS) is 1. The quantitative estimate of drug-likeness (QED) is 0.134.